The Morgan fingerprint density at radius 1 is 0.889 bits per heavy atom. The molecule has 52 valence electrons. The van der Waals surface area contributed by atoms with Crippen LogP contribution in [0.25, 0.3) is 0 Å². The second-order valence-corrected chi connectivity index (χ2v) is 1.65. The number of rotatable bonds is 0. The summed E-state index contributed by atoms with van der Waals surface area (Å²) in [6.45, 7) is 2.08. The van der Waals surface area contributed by atoms with Crippen molar-refractivity contribution in [3.63, 3.8) is 0 Å². The lowest BCUT2D eigenvalue weighted by Crippen LogP contribution is -1.62. The molecule has 1 rings (SSSR count). The molecule has 0 unspecified atom stereocenters. The van der Waals surface area contributed by atoms with Crippen LogP contribution in [0.2, 0.25) is 0 Å². The van der Waals surface area contributed by atoms with E-state index in [4.69, 9.17) is 0 Å². The molecular weight excluding hydrogens is 148 g/mol. The van der Waals surface area contributed by atoms with Gasteiger partial charge < -0.3 is 0 Å². The zero-order chi connectivity index (χ0) is 5.11. The molecule has 0 atom stereocenters. The zero-order valence-corrected chi connectivity index (χ0v) is 7.39. The highest BCUT2D eigenvalue weighted by atomic mass is 32.1. The maximum Gasteiger partial charge on any atom is -0.0398 e. The second-order valence-electron chi connectivity index (χ2n) is 1.65. The van der Waals surface area contributed by atoms with Crippen molar-refractivity contribution in [3.8, 4) is 0 Å². The van der Waals surface area contributed by atoms with E-state index in [1.807, 2.05) is 18.2 Å². The van der Waals surface area contributed by atoms with E-state index in [1.54, 1.807) is 0 Å². The molecule has 0 spiro atoms. The molecule has 0 heterocycles. The Labute approximate surface area is 70.2 Å². The Kier molecular flexibility index (Phi) is 7.85. The fourth-order valence-electron chi connectivity index (χ4n) is 0.534. The van der Waals surface area contributed by atoms with Crippen LogP contribution in [0.5, 0.6) is 0 Å². The first-order valence-electron chi connectivity index (χ1n) is 2.41. The minimum Gasteiger partial charge on any atom is -0.197 e. The molecule has 0 aromatic heterocycles. The van der Waals surface area contributed by atoms with Crippen LogP contribution in [-0.4, -0.2) is 0 Å². The van der Waals surface area contributed by atoms with Gasteiger partial charge in [-0.3, -0.25) is 0 Å². The van der Waals surface area contributed by atoms with Gasteiger partial charge in [-0.05, 0) is 6.92 Å². The van der Waals surface area contributed by atoms with Gasteiger partial charge in [0.2, 0.25) is 0 Å². The standard InChI is InChI=1S/C7H8.2H2S/c1-7-5-3-2-4-6-7;;/h2-6H,1H3;2*1H2. The van der Waals surface area contributed by atoms with Gasteiger partial charge in [0.15, 0.2) is 0 Å². The van der Waals surface area contributed by atoms with E-state index in [0.29, 0.717) is 0 Å². The predicted octanol–water partition coefficient (Wildman–Crippen LogP) is 2.22. The molecule has 0 aliphatic heterocycles. The highest BCUT2D eigenvalue weighted by Gasteiger charge is 1.72. The topological polar surface area (TPSA) is 0 Å². The third-order valence-corrected chi connectivity index (χ3v) is 0.940. The van der Waals surface area contributed by atoms with Crippen LogP contribution < -0.4 is 0 Å². The maximum atomic E-state index is 2.08. The Morgan fingerprint density at radius 3 is 1.56 bits per heavy atom. The molecule has 2 heteroatoms. The lowest BCUT2D eigenvalue weighted by atomic mass is 10.2. The minimum atomic E-state index is 0. The van der Waals surface area contributed by atoms with E-state index < -0.39 is 0 Å². The van der Waals surface area contributed by atoms with E-state index in [2.05, 4.69) is 19.1 Å². The second kappa shape index (κ2) is 6.05. The Balaban J connectivity index is 0. The van der Waals surface area contributed by atoms with Crippen LogP contribution in [0, 0.1) is 6.92 Å². The van der Waals surface area contributed by atoms with Gasteiger partial charge in [-0.15, -0.1) is 0 Å². The lowest BCUT2D eigenvalue weighted by molar-refractivity contribution is 1.48. The molecule has 0 aliphatic carbocycles. The van der Waals surface area contributed by atoms with Crippen molar-refractivity contribution >= 4 is 27.0 Å². The fraction of sp³-hybridized carbons (Fsp3) is 0.143. The van der Waals surface area contributed by atoms with E-state index in [1.165, 1.54) is 5.56 Å². The highest BCUT2D eigenvalue weighted by Crippen LogP contribution is 1.92. The molecule has 0 amide bonds. The molecule has 1 aromatic rings. The summed E-state index contributed by atoms with van der Waals surface area (Å²) >= 11 is 0. The monoisotopic (exact) mass is 160 g/mol. The summed E-state index contributed by atoms with van der Waals surface area (Å²) < 4.78 is 0. The molecule has 0 N–H and O–H groups in total. The largest absolute Gasteiger partial charge is 0.197 e. The van der Waals surface area contributed by atoms with E-state index in [9.17, 15) is 0 Å². The molecule has 0 saturated heterocycles. The Bertz CT molecular complexity index is 137. The van der Waals surface area contributed by atoms with E-state index in [0.717, 1.165) is 0 Å². The summed E-state index contributed by atoms with van der Waals surface area (Å²) in [5, 5.41) is 0. The summed E-state index contributed by atoms with van der Waals surface area (Å²) in [7, 11) is 0. The zero-order valence-electron chi connectivity index (χ0n) is 5.39. The number of hydrogen-bond donors (Lipinski definition) is 0. The average Bonchev–Trinajstić information content (AvgIpc) is 1.69. The summed E-state index contributed by atoms with van der Waals surface area (Å²) in [4.78, 5) is 0. The summed E-state index contributed by atoms with van der Waals surface area (Å²) in [6, 6.07) is 10.3. The van der Waals surface area contributed by atoms with Crippen molar-refractivity contribution in [1.29, 1.82) is 0 Å². The highest BCUT2D eigenvalue weighted by molar-refractivity contribution is 7.59. The molecule has 9 heavy (non-hydrogen) atoms. The first-order chi connectivity index (χ1) is 3.39. The average molecular weight is 160 g/mol. The molecule has 1 aromatic carbocycles. The van der Waals surface area contributed by atoms with Crippen molar-refractivity contribution in [2.75, 3.05) is 0 Å². The molecule has 0 aliphatic rings. The van der Waals surface area contributed by atoms with Crippen molar-refractivity contribution in [2.24, 2.45) is 0 Å². The summed E-state index contributed by atoms with van der Waals surface area (Å²) in [5.41, 5.74) is 1.32. The van der Waals surface area contributed by atoms with Gasteiger partial charge in [0.1, 0.15) is 0 Å². The van der Waals surface area contributed by atoms with Gasteiger partial charge in [0, 0.05) is 0 Å². The van der Waals surface area contributed by atoms with Crippen LogP contribution in [0.15, 0.2) is 30.3 Å². The van der Waals surface area contributed by atoms with Gasteiger partial charge in [0.25, 0.3) is 0 Å². The van der Waals surface area contributed by atoms with Crippen molar-refractivity contribution in [2.45, 2.75) is 6.92 Å². The minimum absolute atomic E-state index is 0. The summed E-state index contributed by atoms with van der Waals surface area (Å²) in [5.74, 6) is 0. The van der Waals surface area contributed by atoms with Gasteiger partial charge in [-0.2, -0.15) is 27.0 Å². The number of benzene rings is 1. The van der Waals surface area contributed by atoms with Gasteiger partial charge in [0.05, 0.1) is 0 Å². The lowest BCUT2D eigenvalue weighted by Gasteiger charge is -1.82. The van der Waals surface area contributed by atoms with E-state index in [-0.39, 0.29) is 27.0 Å². The van der Waals surface area contributed by atoms with Gasteiger partial charge >= 0.3 is 0 Å². The fourth-order valence-corrected chi connectivity index (χ4v) is 0.534. The van der Waals surface area contributed by atoms with Crippen LogP contribution in [0.1, 0.15) is 5.56 Å². The van der Waals surface area contributed by atoms with Crippen molar-refractivity contribution in [3.05, 3.63) is 35.9 Å². The molecular formula is C7H12S2. The SMILES string of the molecule is Cc1ccccc1.S.S. The Hall–Kier alpha value is -0.0800. The van der Waals surface area contributed by atoms with Gasteiger partial charge in [-0.25, -0.2) is 0 Å². The van der Waals surface area contributed by atoms with Crippen LogP contribution in [-0.2, 0) is 0 Å². The number of aryl methyl sites for hydroxylation is 1. The third-order valence-electron chi connectivity index (χ3n) is 0.940. The van der Waals surface area contributed by atoms with Crippen LogP contribution >= 0.6 is 27.0 Å². The number of hydrogen-bond acceptors (Lipinski definition) is 0. The predicted molar refractivity (Wildman–Crippen MR) is 51.9 cm³/mol. The molecule has 0 fully saturated rings. The summed E-state index contributed by atoms with van der Waals surface area (Å²) in [6.07, 6.45) is 0. The maximum absolute atomic E-state index is 2.08. The van der Waals surface area contributed by atoms with Crippen LogP contribution in [0.4, 0.5) is 0 Å². The van der Waals surface area contributed by atoms with E-state index >= 15 is 0 Å². The Morgan fingerprint density at radius 2 is 1.33 bits per heavy atom. The molecule has 0 radical (unpaired) electrons. The first-order valence-corrected chi connectivity index (χ1v) is 2.41. The smallest absolute Gasteiger partial charge is 0.0398 e. The van der Waals surface area contributed by atoms with Crippen molar-refractivity contribution in [1.82, 2.24) is 0 Å². The van der Waals surface area contributed by atoms with Crippen molar-refractivity contribution < 1.29 is 0 Å². The van der Waals surface area contributed by atoms with Crippen LogP contribution in [0.3, 0.4) is 0 Å². The third kappa shape index (κ3) is 4.43. The molecule has 0 nitrogen and oxygen atoms in total. The normalized spacial score (nSPS) is 6.78. The molecule has 0 saturated carbocycles. The first kappa shape index (κ1) is 11.7. The quantitative estimate of drug-likeness (QED) is 0.546. The van der Waals surface area contributed by atoms with Gasteiger partial charge in [-0.1, -0.05) is 35.9 Å². The molecule has 0 bridgehead atoms.